The summed E-state index contributed by atoms with van der Waals surface area (Å²) in [6, 6.07) is 4.07. The molecule has 0 radical (unpaired) electrons. The Hall–Kier alpha value is -1.18. The molecule has 1 aromatic carbocycles. The van der Waals surface area contributed by atoms with Gasteiger partial charge in [-0.1, -0.05) is 13.0 Å². The van der Waals surface area contributed by atoms with Crippen molar-refractivity contribution in [3.63, 3.8) is 0 Å². The van der Waals surface area contributed by atoms with Crippen LogP contribution in [0.4, 0.5) is 5.69 Å². The number of methoxy groups -OCH3 is 1. The number of rotatable bonds is 2. The van der Waals surface area contributed by atoms with Crippen molar-refractivity contribution < 1.29 is 4.74 Å². The lowest BCUT2D eigenvalue weighted by molar-refractivity contribution is 0.414. The molecule has 66 valence electrons. The van der Waals surface area contributed by atoms with Gasteiger partial charge in [0, 0.05) is 0 Å². The fourth-order valence-electron chi connectivity index (χ4n) is 1.36. The van der Waals surface area contributed by atoms with Crippen LogP contribution in [-0.2, 0) is 6.42 Å². The molecule has 2 heteroatoms. The lowest BCUT2D eigenvalue weighted by Crippen LogP contribution is -1.96. The van der Waals surface area contributed by atoms with E-state index in [4.69, 9.17) is 10.5 Å². The van der Waals surface area contributed by atoms with Gasteiger partial charge in [-0.3, -0.25) is 0 Å². The molecule has 0 saturated heterocycles. The zero-order chi connectivity index (χ0) is 9.14. The van der Waals surface area contributed by atoms with Crippen molar-refractivity contribution in [2.24, 2.45) is 0 Å². The van der Waals surface area contributed by atoms with E-state index in [9.17, 15) is 0 Å². The van der Waals surface area contributed by atoms with Crippen molar-refractivity contribution >= 4 is 5.69 Å². The third kappa shape index (κ3) is 1.52. The van der Waals surface area contributed by atoms with Crippen LogP contribution in [0.1, 0.15) is 18.1 Å². The van der Waals surface area contributed by atoms with E-state index in [1.807, 2.05) is 13.0 Å². The van der Waals surface area contributed by atoms with Crippen LogP contribution in [0, 0.1) is 6.92 Å². The Bertz CT molecular complexity index is 258. The van der Waals surface area contributed by atoms with Crippen LogP contribution >= 0.6 is 0 Å². The first-order valence-electron chi connectivity index (χ1n) is 4.12. The van der Waals surface area contributed by atoms with Gasteiger partial charge in [0.25, 0.3) is 0 Å². The molecular weight excluding hydrogens is 150 g/mol. The smallest absolute Gasteiger partial charge is 0.144 e. The van der Waals surface area contributed by atoms with Gasteiger partial charge in [0.1, 0.15) is 5.75 Å². The van der Waals surface area contributed by atoms with Crippen LogP contribution in [0.15, 0.2) is 12.1 Å². The summed E-state index contributed by atoms with van der Waals surface area (Å²) < 4.78 is 5.15. The van der Waals surface area contributed by atoms with Gasteiger partial charge in [0.05, 0.1) is 12.8 Å². The molecule has 1 rings (SSSR count). The third-order valence-electron chi connectivity index (χ3n) is 1.98. The molecule has 0 heterocycles. The summed E-state index contributed by atoms with van der Waals surface area (Å²) in [7, 11) is 1.64. The molecule has 0 spiro atoms. The van der Waals surface area contributed by atoms with Gasteiger partial charge >= 0.3 is 0 Å². The Morgan fingerprint density at radius 1 is 1.42 bits per heavy atom. The molecule has 0 atom stereocenters. The van der Waals surface area contributed by atoms with E-state index in [1.165, 1.54) is 5.56 Å². The zero-order valence-electron chi connectivity index (χ0n) is 7.85. The highest BCUT2D eigenvalue weighted by Crippen LogP contribution is 2.27. The summed E-state index contributed by atoms with van der Waals surface area (Å²) in [4.78, 5) is 0. The van der Waals surface area contributed by atoms with Crippen molar-refractivity contribution in [2.75, 3.05) is 12.8 Å². The van der Waals surface area contributed by atoms with Crippen molar-refractivity contribution in [1.29, 1.82) is 0 Å². The molecule has 1 aromatic rings. The van der Waals surface area contributed by atoms with Crippen LogP contribution < -0.4 is 10.5 Å². The van der Waals surface area contributed by atoms with E-state index in [2.05, 4.69) is 13.0 Å². The summed E-state index contributed by atoms with van der Waals surface area (Å²) in [5, 5.41) is 0. The van der Waals surface area contributed by atoms with E-state index in [0.717, 1.165) is 23.4 Å². The first-order chi connectivity index (χ1) is 5.69. The molecule has 0 fully saturated rings. The maximum Gasteiger partial charge on any atom is 0.144 e. The highest BCUT2D eigenvalue weighted by molar-refractivity contribution is 5.58. The fourth-order valence-corrected chi connectivity index (χ4v) is 1.36. The van der Waals surface area contributed by atoms with Gasteiger partial charge in [-0.25, -0.2) is 0 Å². The first-order valence-corrected chi connectivity index (χ1v) is 4.12. The highest BCUT2D eigenvalue weighted by Gasteiger charge is 2.03. The minimum Gasteiger partial charge on any atom is -0.494 e. The second kappa shape index (κ2) is 3.48. The molecule has 0 unspecified atom stereocenters. The van der Waals surface area contributed by atoms with Gasteiger partial charge in [-0.2, -0.15) is 0 Å². The van der Waals surface area contributed by atoms with E-state index in [-0.39, 0.29) is 0 Å². The van der Waals surface area contributed by atoms with Crippen LogP contribution in [-0.4, -0.2) is 7.11 Å². The molecule has 0 amide bonds. The van der Waals surface area contributed by atoms with Gasteiger partial charge in [-0.15, -0.1) is 0 Å². The predicted molar refractivity (Wildman–Crippen MR) is 51.5 cm³/mol. The lowest BCUT2D eigenvalue weighted by Gasteiger charge is -2.09. The molecule has 0 aliphatic carbocycles. The summed E-state index contributed by atoms with van der Waals surface area (Å²) in [5.41, 5.74) is 8.88. The highest BCUT2D eigenvalue weighted by atomic mass is 16.5. The van der Waals surface area contributed by atoms with Crippen LogP contribution in [0.25, 0.3) is 0 Å². The molecule has 2 N–H and O–H groups in total. The molecule has 12 heavy (non-hydrogen) atoms. The first kappa shape index (κ1) is 8.91. The van der Waals surface area contributed by atoms with E-state index < -0.39 is 0 Å². The van der Waals surface area contributed by atoms with E-state index in [0.29, 0.717) is 0 Å². The van der Waals surface area contributed by atoms with E-state index >= 15 is 0 Å². The average molecular weight is 165 g/mol. The average Bonchev–Trinajstić information content (AvgIpc) is 2.03. The van der Waals surface area contributed by atoms with Gasteiger partial charge in [0.2, 0.25) is 0 Å². The molecule has 0 saturated carbocycles. The molecule has 2 nitrogen and oxygen atoms in total. The third-order valence-corrected chi connectivity index (χ3v) is 1.98. The van der Waals surface area contributed by atoms with Crippen molar-refractivity contribution in [1.82, 2.24) is 0 Å². The Kier molecular flexibility index (Phi) is 2.58. The van der Waals surface area contributed by atoms with Crippen LogP contribution in [0.5, 0.6) is 5.75 Å². The summed E-state index contributed by atoms with van der Waals surface area (Å²) in [5.74, 6) is 0.798. The Balaban J connectivity index is 3.18. The number of hydrogen-bond acceptors (Lipinski definition) is 2. The Morgan fingerprint density at radius 2 is 2.08 bits per heavy atom. The number of nitrogen functional groups attached to an aromatic ring is 1. The summed E-state index contributed by atoms with van der Waals surface area (Å²) in [6.45, 7) is 4.12. The minimum absolute atomic E-state index is 0.731. The molecule has 0 aliphatic rings. The quantitative estimate of drug-likeness (QED) is 0.681. The van der Waals surface area contributed by atoms with Gasteiger partial charge < -0.3 is 10.5 Å². The molecular formula is C10H15NO. The lowest BCUT2D eigenvalue weighted by atomic mass is 10.1. The Labute approximate surface area is 73.3 Å². The molecule has 0 aromatic heterocycles. The second-order valence-corrected chi connectivity index (χ2v) is 2.89. The second-order valence-electron chi connectivity index (χ2n) is 2.89. The summed E-state index contributed by atoms with van der Waals surface area (Å²) >= 11 is 0. The SMILES string of the molecule is CCc1cc(C)c(OC)c(N)c1. The topological polar surface area (TPSA) is 35.2 Å². The normalized spacial score (nSPS) is 9.92. The molecule has 0 bridgehead atoms. The number of aryl methyl sites for hydroxylation is 2. The van der Waals surface area contributed by atoms with Crippen molar-refractivity contribution in [3.05, 3.63) is 23.3 Å². The van der Waals surface area contributed by atoms with Crippen molar-refractivity contribution in [2.45, 2.75) is 20.3 Å². The monoisotopic (exact) mass is 165 g/mol. The summed E-state index contributed by atoms with van der Waals surface area (Å²) in [6.07, 6.45) is 1.01. The molecule has 0 aliphatic heterocycles. The van der Waals surface area contributed by atoms with Crippen LogP contribution in [0.3, 0.4) is 0 Å². The predicted octanol–water partition coefficient (Wildman–Crippen LogP) is 2.15. The maximum atomic E-state index is 5.78. The fraction of sp³-hybridized carbons (Fsp3) is 0.400. The van der Waals surface area contributed by atoms with Crippen molar-refractivity contribution in [3.8, 4) is 5.75 Å². The van der Waals surface area contributed by atoms with Gasteiger partial charge in [-0.05, 0) is 30.5 Å². The Morgan fingerprint density at radius 3 is 2.50 bits per heavy atom. The maximum absolute atomic E-state index is 5.78. The number of nitrogens with two attached hydrogens (primary N) is 1. The number of benzene rings is 1. The van der Waals surface area contributed by atoms with Crippen LogP contribution in [0.2, 0.25) is 0 Å². The van der Waals surface area contributed by atoms with E-state index in [1.54, 1.807) is 7.11 Å². The van der Waals surface area contributed by atoms with Gasteiger partial charge in [0.15, 0.2) is 0 Å². The largest absolute Gasteiger partial charge is 0.494 e. The number of anilines is 1. The number of ether oxygens (including phenoxy) is 1. The standard InChI is InChI=1S/C10H15NO/c1-4-8-5-7(2)10(12-3)9(11)6-8/h5-6H,4,11H2,1-3H3. The zero-order valence-corrected chi connectivity index (χ0v) is 7.85. The number of hydrogen-bond donors (Lipinski definition) is 1. The minimum atomic E-state index is 0.731.